The molecule has 0 aliphatic carbocycles. The average molecular weight is 521 g/mol. The molecule has 2 amide bonds. The maximum absolute atomic E-state index is 12.9. The Balaban J connectivity index is 1.58. The molecule has 12 nitrogen and oxygen atoms in total. The van der Waals surface area contributed by atoms with E-state index in [1.165, 1.54) is 4.90 Å². The van der Waals surface area contributed by atoms with E-state index in [2.05, 4.69) is 21.8 Å². The van der Waals surface area contributed by atoms with Gasteiger partial charge in [0.15, 0.2) is 0 Å². The number of amides is 2. The van der Waals surface area contributed by atoms with Crippen molar-refractivity contribution >= 4 is 18.0 Å². The van der Waals surface area contributed by atoms with Crippen LogP contribution in [-0.4, -0.2) is 120 Å². The molecule has 2 fully saturated rings. The number of piperazine rings is 1. The lowest BCUT2D eigenvalue weighted by atomic mass is 10.0. The van der Waals surface area contributed by atoms with Gasteiger partial charge in [0.25, 0.3) is 0 Å². The quantitative estimate of drug-likeness (QED) is 0.597. The molecule has 0 radical (unpaired) electrons. The minimum atomic E-state index is -0.966. The van der Waals surface area contributed by atoms with Gasteiger partial charge in [-0.1, -0.05) is 0 Å². The Kier molecular flexibility index (Phi) is 8.27. The third kappa shape index (κ3) is 6.53. The standard InChI is InChI=1S/C25H40N6O6/c1-25(2,3)37-24(34)31-12-11-29(13-18(31)15-35-5)21-19-8-10-30(23(32)33)14-20(19)26-22(27-21)36-16-17-7-6-9-28(17)4/h17-18H,6-16H2,1-5H3,(H,32,33)/t17-,18?/m0/s1. The molecule has 3 aliphatic heterocycles. The van der Waals surface area contributed by atoms with Gasteiger partial charge in [0.05, 0.1) is 24.9 Å². The molecule has 206 valence electrons. The molecule has 0 bridgehead atoms. The summed E-state index contributed by atoms with van der Waals surface area (Å²) in [4.78, 5) is 41.5. The van der Waals surface area contributed by atoms with E-state index in [0.29, 0.717) is 57.5 Å². The molecule has 1 unspecified atom stereocenters. The van der Waals surface area contributed by atoms with Crippen LogP contribution in [0.15, 0.2) is 0 Å². The van der Waals surface area contributed by atoms with E-state index in [4.69, 9.17) is 19.2 Å². The summed E-state index contributed by atoms with van der Waals surface area (Å²) in [5, 5.41) is 9.55. The number of carbonyl (C=O) groups excluding carboxylic acids is 1. The number of ether oxygens (including phenoxy) is 3. The van der Waals surface area contributed by atoms with Gasteiger partial charge in [-0.15, -0.1) is 0 Å². The molecule has 0 saturated carbocycles. The first-order valence-electron chi connectivity index (χ1n) is 13.0. The first-order chi connectivity index (χ1) is 17.6. The second-order valence-corrected chi connectivity index (χ2v) is 11.0. The Hall–Kier alpha value is -2.86. The number of likely N-dealkylation sites (tertiary alicyclic amines) is 1. The number of hydrogen-bond acceptors (Lipinski definition) is 9. The van der Waals surface area contributed by atoms with Crippen LogP contribution < -0.4 is 9.64 Å². The predicted octanol–water partition coefficient (Wildman–Crippen LogP) is 2.06. The van der Waals surface area contributed by atoms with Crippen LogP contribution in [0.5, 0.6) is 6.01 Å². The summed E-state index contributed by atoms with van der Waals surface area (Å²) in [5.41, 5.74) is 1.02. The zero-order chi connectivity index (χ0) is 26.7. The molecule has 37 heavy (non-hydrogen) atoms. The third-order valence-corrected chi connectivity index (χ3v) is 7.14. The molecule has 4 rings (SSSR count). The maximum atomic E-state index is 12.9. The predicted molar refractivity (Wildman–Crippen MR) is 136 cm³/mol. The van der Waals surface area contributed by atoms with Crippen molar-refractivity contribution < 1.29 is 28.9 Å². The summed E-state index contributed by atoms with van der Waals surface area (Å²) < 4.78 is 17.2. The molecule has 2 atom stereocenters. The fourth-order valence-corrected chi connectivity index (χ4v) is 5.18. The first kappa shape index (κ1) is 27.2. The summed E-state index contributed by atoms with van der Waals surface area (Å²) in [6.07, 6.45) is 1.39. The van der Waals surface area contributed by atoms with Gasteiger partial charge in [0.2, 0.25) is 0 Å². The largest absolute Gasteiger partial charge is 0.465 e. The van der Waals surface area contributed by atoms with E-state index in [1.54, 1.807) is 12.0 Å². The van der Waals surface area contributed by atoms with Crippen molar-refractivity contribution in [1.82, 2.24) is 24.7 Å². The molecule has 2 saturated heterocycles. The number of nitrogens with zero attached hydrogens (tertiary/aromatic N) is 6. The highest BCUT2D eigenvalue weighted by atomic mass is 16.6. The molecular weight excluding hydrogens is 480 g/mol. The molecule has 0 spiro atoms. The Morgan fingerprint density at radius 2 is 1.86 bits per heavy atom. The molecule has 1 N–H and O–H groups in total. The smallest absolute Gasteiger partial charge is 0.410 e. The normalized spacial score (nSPS) is 22.7. The Bertz CT molecular complexity index is 985. The zero-order valence-corrected chi connectivity index (χ0v) is 22.6. The third-order valence-electron chi connectivity index (χ3n) is 7.14. The molecule has 3 aliphatic rings. The van der Waals surface area contributed by atoms with Gasteiger partial charge in [0, 0.05) is 44.9 Å². The summed E-state index contributed by atoms with van der Waals surface area (Å²) in [6, 6.07) is 0.344. The van der Waals surface area contributed by atoms with Crippen molar-refractivity contribution in [3.8, 4) is 6.01 Å². The van der Waals surface area contributed by atoms with Crippen LogP contribution in [-0.2, 0) is 22.4 Å². The van der Waals surface area contributed by atoms with Crippen molar-refractivity contribution in [1.29, 1.82) is 0 Å². The van der Waals surface area contributed by atoms with Gasteiger partial charge in [-0.2, -0.15) is 9.97 Å². The number of fused-ring (bicyclic) bond motifs is 1. The lowest BCUT2D eigenvalue weighted by Crippen LogP contribution is -2.58. The SMILES string of the molecule is COCC1CN(c2nc(OC[C@@H]3CCCN3C)nc3c2CCN(C(=O)O)C3)CCN1C(=O)OC(C)(C)C. The zero-order valence-electron chi connectivity index (χ0n) is 22.6. The topological polar surface area (TPSA) is 121 Å². The number of aromatic nitrogens is 2. The Labute approximate surface area is 218 Å². The minimum absolute atomic E-state index is 0.194. The number of methoxy groups -OCH3 is 1. The molecule has 1 aromatic rings. The van der Waals surface area contributed by atoms with Crippen molar-refractivity contribution in [2.75, 3.05) is 65.0 Å². The number of anilines is 1. The van der Waals surface area contributed by atoms with Crippen LogP contribution >= 0.6 is 0 Å². The van der Waals surface area contributed by atoms with Crippen LogP contribution in [0, 0.1) is 0 Å². The van der Waals surface area contributed by atoms with E-state index in [0.717, 1.165) is 30.8 Å². The van der Waals surface area contributed by atoms with Gasteiger partial charge >= 0.3 is 18.2 Å². The van der Waals surface area contributed by atoms with Crippen molar-refractivity contribution in [3.63, 3.8) is 0 Å². The Morgan fingerprint density at radius 3 is 2.51 bits per heavy atom. The highest BCUT2D eigenvalue weighted by molar-refractivity contribution is 5.69. The van der Waals surface area contributed by atoms with Crippen LogP contribution in [0.3, 0.4) is 0 Å². The number of carbonyl (C=O) groups is 2. The minimum Gasteiger partial charge on any atom is -0.465 e. The molecule has 1 aromatic heterocycles. The molecule has 0 aromatic carbocycles. The monoisotopic (exact) mass is 520 g/mol. The van der Waals surface area contributed by atoms with Gasteiger partial charge in [-0.05, 0) is 53.6 Å². The van der Waals surface area contributed by atoms with Crippen molar-refractivity contribution in [3.05, 3.63) is 11.3 Å². The van der Waals surface area contributed by atoms with Gasteiger partial charge in [0.1, 0.15) is 18.0 Å². The molecular formula is C25H40N6O6. The fraction of sp³-hybridized carbons (Fsp3) is 0.760. The summed E-state index contributed by atoms with van der Waals surface area (Å²) in [7, 11) is 3.70. The number of hydrogen-bond donors (Lipinski definition) is 1. The van der Waals surface area contributed by atoms with E-state index in [-0.39, 0.29) is 24.7 Å². The van der Waals surface area contributed by atoms with Gasteiger partial charge < -0.3 is 34.0 Å². The first-order valence-corrected chi connectivity index (χ1v) is 13.0. The molecule has 4 heterocycles. The van der Waals surface area contributed by atoms with Crippen LogP contribution in [0.4, 0.5) is 15.4 Å². The lowest BCUT2D eigenvalue weighted by Gasteiger charge is -2.42. The number of rotatable bonds is 6. The van der Waals surface area contributed by atoms with Crippen molar-refractivity contribution in [2.24, 2.45) is 0 Å². The van der Waals surface area contributed by atoms with Crippen LogP contribution in [0.25, 0.3) is 0 Å². The summed E-state index contributed by atoms with van der Waals surface area (Å²) >= 11 is 0. The highest BCUT2D eigenvalue weighted by Gasteiger charge is 2.36. The fourth-order valence-electron chi connectivity index (χ4n) is 5.18. The van der Waals surface area contributed by atoms with Crippen LogP contribution in [0.1, 0.15) is 44.9 Å². The van der Waals surface area contributed by atoms with E-state index >= 15 is 0 Å². The summed E-state index contributed by atoms with van der Waals surface area (Å²) in [5.74, 6) is 0.745. The van der Waals surface area contributed by atoms with E-state index < -0.39 is 11.7 Å². The van der Waals surface area contributed by atoms with E-state index in [1.807, 2.05) is 20.8 Å². The second kappa shape index (κ2) is 11.3. The second-order valence-electron chi connectivity index (χ2n) is 11.0. The van der Waals surface area contributed by atoms with Crippen molar-refractivity contribution in [2.45, 2.75) is 64.3 Å². The van der Waals surface area contributed by atoms with E-state index in [9.17, 15) is 14.7 Å². The van der Waals surface area contributed by atoms with Gasteiger partial charge in [-0.3, -0.25) is 4.90 Å². The average Bonchev–Trinajstić information content (AvgIpc) is 3.25. The number of carboxylic acid groups (broad SMARTS) is 1. The Morgan fingerprint density at radius 1 is 1.08 bits per heavy atom. The van der Waals surface area contributed by atoms with Crippen LogP contribution in [0.2, 0.25) is 0 Å². The lowest BCUT2D eigenvalue weighted by molar-refractivity contribution is 0.00334. The van der Waals surface area contributed by atoms with Gasteiger partial charge in [-0.25, -0.2) is 9.59 Å². The summed E-state index contributed by atoms with van der Waals surface area (Å²) in [6.45, 7) is 9.52. The maximum Gasteiger partial charge on any atom is 0.410 e. The highest BCUT2D eigenvalue weighted by Crippen LogP contribution is 2.31. The number of likely N-dealkylation sites (N-methyl/N-ethyl adjacent to an activating group) is 1. The molecule has 12 heteroatoms.